The minimum absolute atomic E-state index is 0.109. The monoisotopic (exact) mass is 599 g/mol. The molecule has 3 heterocycles. The summed E-state index contributed by atoms with van der Waals surface area (Å²) in [6.07, 6.45) is 1.22. The number of para-hydroxylation sites is 1. The maximum atomic E-state index is 14.2. The van der Waals surface area contributed by atoms with Crippen molar-refractivity contribution in [1.82, 2.24) is 19.1 Å². The van der Waals surface area contributed by atoms with E-state index in [1.54, 1.807) is 17.0 Å². The second-order valence-electron chi connectivity index (χ2n) is 10.6. The van der Waals surface area contributed by atoms with E-state index in [2.05, 4.69) is 25.0 Å². The molecular weight excluding hydrogens is 566 g/mol. The Balaban J connectivity index is 1.45. The first kappa shape index (κ1) is 28.7. The number of amides is 1. The van der Waals surface area contributed by atoms with Crippen LogP contribution >= 0.6 is 22.9 Å². The molecule has 1 aliphatic rings. The molecule has 1 unspecified atom stereocenters. The molecule has 2 aromatic carbocycles. The highest BCUT2D eigenvalue weighted by Crippen LogP contribution is 2.35. The van der Waals surface area contributed by atoms with Gasteiger partial charge in [0.15, 0.2) is 5.13 Å². The Morgan fingerprint density at radius 2 is 1.93 bits per heavy atom. The highest BCUT2D eigenvalue weighted by molar-refractivity contribution is 7.89. The van der Waals surface area contributed by atoms with Crippen molar-refractivity contribution in [2.45, 2.75) is 57.9 Å². The van der Waals surface area contributed by atoms with E-state index < -0.39 is 15.9 Å². The summed E-state index contributed by atoms with van der Waals surface area (Å²) in [7, 11) is -3.75. The van der Waals surface area contributed by atoms with Crippen LogP contribution in [0.1, 0.15) is 49.6 Å². The van der Waals surface area contributed by atoms with Crippen molar-refractivity contribution in [2.75, 3.05) is 24.5 Å². The minimum Gasteiger partial charge on any atom is -0.286 e. The number of sulfonamides is 1. The van der Waals surface area contributed by atoms with Gasteiger partial charge in [0.2, 0.25) is 15.9 Å². The maximum Gasteiger partial charge on any atom is 0.243 e. The number of carbonyl (C=O) groups excluding carboxylic acids is 1. The Hall–Kier alpha value is -2.79. The number of carbonyl (C=O) groups is 1. The highest BCUT2D eigenvalue weighted by Gasteiger charge is 2.36. The van der Waals surface area contributed by atoms with Gasteiger partial charge in [-0.05, 0) is 74.6 Å². The zero-order valence-electron chi connectivity index (χ0n) is 23.2. The second-order valence-corrected chi connectivity index (χ2v) is 14.0. The number of aryl methyl sites for hydroxylation is 2. The van der Waals surface area contributed by atoms with Crippen LogP contribution in [0.25, 0.3) is 10.2 Å². The molecule has 0 bridgehead atoms. The van der Waals surface area contributed by atoms with Crippen LogP contribution in [0.2, 0.25) is 5.02 Å². The van der Waals surface area contributed by atoms with Gasteiger partial charge in [-0.25, -0.2) is 13.4 Å². The first-order chi connectivity index (χ1) is 19.0. The molecule has 0 saturated carbocycles. The van der Waals surface area contributed by atoms with Gasteiger partial charge >= 0.3 is 0 Å². The molecule has 8 nitrogen and oxygen atoms in total. The van der Waals surface area contributed by atoms with Crippen LogP contribution in [-0.2, 0) is 21.4 Å². The fraction of sp³-hybridized carbons (Fsp3) is 0.414. The van der Waals surface area contributed by atoms with Gasteiger partial charge in [-0.3, -0.25) is 14.4 Å². The van der Waals surface area contributed by atoms with E-state index in [1.165, 1.54) is 27.8 Å². The van der Waals surface area contributed by atoms with Crippen LogP contribution in [0.3, 0.4) is 0 Å². The van der Waals surface area contributed by atoms with Crippen molar-refractivity contribution >= 4 is 54.2 Å². The van der Waals surface area contributed by atoms with Crippen molar-refractivity contribution in [1.29, 1.82) is 0 Å². The van der Waals surface area contributed by atoms with Gasteiger partial charge in [-0.2, -0.15) is 9.40 Å². The third-order valence-corrected chi connectivity index (χ3v) is 10.6. The summed E-state index contributed by atoms with van der Waals surface area (Å²) >= 11 is 7.48. The standard InChI is InChI=1S/C29H34ClN5O3S2/c1-19(2)25-8-5-9-26-27(25)31-29(39-26)34(15-16-35-21(4)17-20(3)32-35)28(36)22-7-6-14-33(18-22)40(37,38)24-12-10-23(30)11-13-24/h5,8-13,17,19,22H,6-7,14-16,18H2,1-4H3. The van der Waals surface area contributed by atoms with Crippen molar-refractivity contribution in [3.8, 4) is 0 Å². The zero-order chi connectivity index (χ0) is 28.6. The largest absolute Gasteiger partial charge is 0.286 e. The summed E-state index contributed by atoms with van der Waals surface area (Å²) in [4.78, 5) is 21.1. The van der Waals surface area contributed by atoms with Gasteiger partial charge in [0.1, 0.15) is 0 Å². The fourth-order valence-electron chi connectivity index (χ4n) is 5.27. The normalized spacial score (nSPS) is 16.6. The minimum atomic E-state index is -3.75. The summed E-state index contributed by atoms with van der Waals surface area (Å²) in [5, 5.41) is 5.68. The van der Waals surface area contributed by atoms with Crippen molar-refractivity contribution in [3.63, 3.8) is 0 Å². The maximum absolute atomic E-state index is 14.2. The molecule has 0 N–H and O–H groups in total. The molecule has 5 rings (SSSR count). The van der Waals surface area contributed by atoms with E-state index >= 15 is 0 Å². The Bertz CT molecular complexity index is 1630. The number of aromatic nitrogens is 3. The smallest absolute Gasteiger partial charge is 0.243 e. The lowest BCUT2D eigenvalue weighted by atomic mass is 9.98. The van der Waals surface area contributed by atoms with Crippen molar-refractivity contribution < 1.29 is 13.2 Å². The fourth-order valence-corrected chi connectivity index (χ4v) is 7.96. The summed E-state index contributed by atoms with van der Waals surface area (Å²) < 4.78 is 31.2. The first-order valence-corrected chi connectivity index (χ1v) is 16.2. The molecule has 4 aromatic rings. The molecule has 1 saturated heterocycles. The summed E-state index contributed by atoms with van der Waals surface area (Å²) in [6.45, 7) is 9.62. The number of piperidine rings is 1. The molecule has 2 aromatic heterocycles. The highest BCUT2D eigenvalue weighted by atomic mass is 35.5. The Morgan fingerprint density at radius 1 is 1.18 bits per heavy atom. The second kappa shape index (κ2) is 11.6. The first-order valence-electron chi connectivity index (χ1n) is 13.5. The van der Waals surface area contributed by atoms with Crippen LogP contribution in [0.4, 0.5) is 5.13 Å². The Kier molecular flexibility index (Phi) is 8.33. The molecule has 0 radical (unpaired) electrons. The molecule has 1 atom stereocenters. The lowest BCUT2D eigenvalue weighted by Gasteiger charge is -2.33. The average Bonchev–Trinajstić information content (AvgIpc) is 3.50. The molecule has 40 heavy (non-hydrogen) atoms. The van der Waals surface area contributed by atoms with E-state index in [0.29, 0.717) is 48.5 Å². The van der Waals surface area contributed by atoms with Crippen LogP contribution in [-0.4, -0.2) is 53.0 Å². The van der Waals surface area contributed by atoms with Crippen LogP contribution in [0.15, 0.2) is 53.4 Å². The Morgan fingerprint density at radius 3 is 2.60 bits per heavy atom. The number of fused-ring (bicyclic) bond motifs is 1. The molecule has 1 amide bonds. The molecule has 11 heteroatoms. The summed E-state index contributed by atoms with van der Waals surface area (Å²) in [6, 6.07) is 14.3. The lowest BCUT2D eigenvalue weighted by molar-refractivity contribution is -0.123. The van der Waals surface area contributed by atoms with Gasteiger partial charge in [0.05, 0.1) is 33.3 Å². The average molecular weight is 600 g/mol. The number of rotatable bonds is 8. The van der Waals surface area contributed by atoms with E-state index in [0.717, 1.165) is 27.2 Å². The molecule has 1 fully saturated rings. The van der Waals surface area contributed by atoms with Crippen molar-refractivity contribution in [3.05, 3.63) is 70.5 Å². The number of thiazole rings is 1. The molecule has 1 aliphatic heterocycles. The predicted octanol–water partition coefficient (Wildman–Crippen LogP) is 6.02. The van der Waals surface area contributed by atoms with Crippen molar-refractivity contribution in [2.24, 2.45) is 5.92 Å². The number of nitrogens with zero attached hydrogens (tertiary/aromatic N) is 5. The molecule has 0 aliphatic carbocycles. The summed E-state index contributed by atoms with van der Waals surface area (Å²) in [5.74, 6) is -0.293. The van der Waals surface area contributed by atoms with Gasteiger partial charge in [0.25, 0.3) is 0 Å². The number of benzene rings is 2. The zero-order valence-corrected chi connectivity index (χ0v) is 25.6. The van der Waals surface area contributed by atoms with E-state index in [4.69, 9.17) is 16.6 Å². The van der Waals surface area contributed by atoms with E-state index in [9.17, 15) is 13.2 Å². The molecule has 212 valence electrons. The topological polar surface area (TPSA) is 88.4 Å². The van der Waals surface area contributed by atoms with Crippen LogP contribution in [0.5, 0.6) is 0 Å². The third kappa shape index (κ3) is 5.81. The quantitative estimate of drug-likeness (QED) is 0.247. The number of hydrogen-bond acceptors (Lipinski definition) is 6. The number of anilines is 1. The lowest BCUT2D eigenvalue weighted by Crippen LogP contribution is -2.47. The third-order valence-electron chi connectivity index (χ3n) is 7.38. The predicted molar refractivity (Wildman–Crippen MR) is 161 cm³/mol. The SMILES string of the molecule is Cc1cc(C)n(CCN(C(=O)C2CCCN(S(=O)(=O)c3ccc(Cl)cc3)C2)c2nc3c(C(C)C)cccc3s2)n1. The number of hydrogen-bond donors (Lipinski definition) is 0. The number of halogens is 1. The molecular formula is C29H34ClN5O3S2. The Labute approximate surface area is 244 Å². The molecule has 0 spiro atoms. The van der Waals surface area contributed by atoms with E-state index in [-0.39, 0.29) is 17.3 Å². The van der Waals surface area contributed by atoms with Gasteiger partial charge < -0.3 is 0 Å². The van der Waals surface area contributed by atoms with Gasteiger partial charge in [0, 0.05) is 30.4 Å². The summed E-state index contributed by atoms with van der Waals surface area (Å²) in [5.41, 5.74) is 4.00. The van der Waals surface area contributed by atoms with Crippen LogP contribution < -0.4 is 4.90 Å². The van der Waals surface area contributed by atoms with Gasteiger partial charge in [-0.1, -0.05) is 48.9 Å². The van der Waals surface area contributed by atoms with Gasteiger partial charge in [-0.15, -0.1) is 0 Å². The van der Waals surface area contributed by atoms with E-state index in [1.807, 2.05) is 36.7 Å². The van der Waals surface area contributed by atoms with Crippen LogP contribution in [0, 0.1) is 19.8 Å².